The molecule has 3 aromatic carbocycles. The Balaban J connectivity index is 1.24. The Morgan fingerprint density at radius 1 is 0.943 bits per heavy atom. The highest BCUT2D eigenvalue weighted by molar-refractivity contribution is 5.95. The summed E-state index contributed by atoms with van der Waals surface area (Å²) in [5.41, 5.74) is 5.20. The zero-order valence-electron chi connectivity index (χ0n) is 20.0. The number of hydrogen-bond acceptors (Lipinski definition) is 2. The van der Waals surface area contributed by atoms with Crippen LogP contribution in [-0.2, 0) is 4.79 Å². The van der Waals surface area contributed by atoms with E-state index in [4.69, 9.17) is 0 Å². The van der Waals surface area contributed by atoms with Crippen molar-refractivity contribution in [3.63, 3.8) is 0 Å². The van der Waals surface area contributed by atoms with E-state index in [0.29, 0.717) is 32.5 Å². The molecule has 35 heavy (non-hydrogen) atoms. The van der Waals surface area contributed by atoms with E-state index in [-0.39, 0.29) is 23.7 Å². The van der Waals surface area contributed by atoms with Gasteiger partial charge >= 0.3 is 0 Å². The number of hydrogen-bond donors (Lipinski definition) is 2. The summed E-state index contributed by atoms with van der Waals surface area (Å²) in [4.78, 5) is 31.3. The lowest BCUT2D eigenvalue weighted by Gasteiger charge is -2.32. The van der Waals surface area contributed by atoms with Gasteiger partial charge in [0.2, 0.25) is 5.91 Å². The maximum atomic E-state index is 13.1. The SMILES string of the molecule is Cc1ccccc1C(=O)N1CCC(C(=O)NC[C@H](c2ccccc2)c2c[nH]c3ccccc23)CC1. The van der Waals surface area contributed by atoms with E-state index in [1.54, 1.807) is 0 Å². The summed E-state index contributed by atoms with van der Waals surface area (Å²) in [5, 5.41) is 4.41. The molecule has 5 heteroatoms. The molecule has 1 saturated heterocycles. The number of para-hydroxylation sites is 1. The molecular formula is C30H31N3O2. The zero-order chi connectivity index (χ0) is 24.2. The van der Waals surface area contributed by atoms with Crippen LogP contribution in [0.2, 0.25) is 0 Å². The Labute approximate surface area is 206 Å². The van der Waals surface area contributed by atoms with Crippen molar-refractivity contribution in [3.8, 4) is 0 Å². The topological polar surface area (TPSA) is 65.2 Å². The van der Waals surface area contributed by atoms with Crippen LogP contribution in [0.5, 0.6) is 0 Å². The van der Waals surface area contributed by atoms with Gasteiger partial charge in [0.25, 0.3) is 5.91 Å². The van der Waals surface area contributed by atoms with Crippen molar-refractivity contribution in [1.82, 2.24) is 15.2 Å². The largest absolute Gasteiger partial charge is 0.361 e. The quantitative estimate of drug-likeness (QED) is 0.407. The second kappa shape index (κ2) is 10.2. The first-order valence-electron chi connectivity index (χ1n) is 12.4. The summed E-state index contributed by atoms with van der Waals surface area (Å²) in [7, 11) is 0. The van der Waals surface area contributed by atoms with Gasteiger partial charge in [0.15, 0.2) is 0 Å². The number of aromatic amines is 1. The van der Waals surface area contributed by atoms with Crippen molar-refractivity contribution in [1.29, 1.82) is 0 Å². The Morgan fingerprint density at radius 2 is 1.63 bits per heavy atom. The monoisotopic (exact) mass is 465 g/mol. The maximum Gasteiger partial charge on any atom is 0.254 e. The van der Waals surface area contributed by atoms with Gasteiger partial charge in [-0.3, -0.25) is 9.59 Å². The van der Waals surface area contributed by atoms with E-state index in [0.717, 1.165) is 16.6 Å². The number of aromatic nitrogens is 1. The number of carbonyl (C=O) groups is 2. The van der Waals surface area contributed by atoms with E-state index in [1.807, 2.05) is 66.4 Å². The third-order valence-electron chi connectivity index (χ3n) is 7.21. The molecule has 5 rings (SSSR count). The van der Waals surface area contributed by atoms with Crippen molar-refractivity contribution in [2.75, 3.05) is 19.6 Å². The van der Waals surface area contributed by atoms with Crippen LogP contribution in [0.3, 0.4) is 0 Å². The molecule has 4 aromatic rings. The first-order valence-corrected chi connectivity index (χ1v) is 12.4. The fraction of sp³-hybridized carbons (Fsp3) is 0.267. The number of carbonyl (C=O) groups excluding carboxylic acids is 2. The van der Waals surface area contributed by atoms with Crippen molar-refractivity contribution >= 4 is 22.7 Å². The van der Waals surface area contributed by atoms with E-state index < -0.39 is 0 Å². The van der Waals surface area contributed by atoms with Crippen LogP contribution in [0.15, 0.2) is 85.1 Å². The second-order valence-electron chi connectivity index (χ2n) is 9.38. The van der Waals surface area contributed by atoms with Crippen molar-refractivity contribution in [2.24, 2.45) is 5.92 Å². The van der Waals surface area contributed by atoms with Crippen molar-refractivity contribution in [3.05, 3.63) is 107 Å². The zero-order valence-corrected chi connectivity index (χ0v) is 20.0. The molecule has 0 bridgehead atoms. The van der Waals surface area contributed by atoms with E-state index >= 15 is 0 Å². The molecule has 0 aliphatic carbocycles. The van der Waals surface area contributed by atoms with Gasteiger partial charge in [0.05, 0.1) is 0 Å². The molecule has 178 valence electrons. The molecule has 1 fully saturated rings. The predicted molar refractivity (Wildman–Crippen MR) is 139 cm³/mol. The van der Waals surface area contributed by atoms with Crippen LogP contribution in [0, 0.1) is 12.8 Å². The Kier molecular flexibility index (Phi) is 6.66. The number of benzene rings is 3. The van der Waals surface area contributed by atoms with E-state index in [1.165, 1.54) is 16.5 Å². The van der Waals surface area contributed by atoms with Gasteiger partial charge < -0.3 is 15.2 Å². The number of aryl methyl sites for hydroxylation is 1. The first kappa shape index (κ1) is 22.9. The predicted octanol–water partition coefficient (Wildman–Crippen LogP) is 5.28. The number of nitrogens with one attached hydrogen (secondary N) is 2. The number of rotatable bonds is 6. The minimum Gasteiger partial charge on any atom is -0.361 e. The van der Waals surface area contributed by atoms with E-state index in [2.05, 4.69) is 40.8 Å². The van der Waals surface area contributed by atoms with Crippen molar-refractivity contribution < 1.29 is 9.59 Å². The first-order chi connectivity index (χ1) is 17.1. The lowest BCUT2D eigenvalue weighted by atomic mass is 9.90. The molecule has 0 spiro atoms. The minimum atomic E-state index is -0.0738. The number of piperidine rings is 1. The Bertz CT molecular complexity index is 1320. The number of amides is 2. The number of likely N-dealkylation sites (tertiary alicyclic amines) is 1. The highest BCUT2D eigenvalue weighted by atomic mass is 16.2. The standard InChI is InChI=1S/C30H31N3O2/c1-21-9-5-6-12-24(21)30(35)33-17-15-23(16-18-33)29(34)32-19-26(22-10-3-2-4-11-22)27-20-31-28-14-8-7-13-25(27)28/h2-14,20,23,26,31H,15-19H2,1H3,(H,32,34)/t26-/m1/s1. The summed E-state index contributed by atoms with van der Waals surface area (Å²) in [6.45, 7) is 3.71. The average Bonchev–Trinajstić information content (AvgIpc) is 3.33. The van der Waals surface area contributed by atoms with Gasteiger partial charge in [-0.2, -0.15) is 0 Å². The van der Waals surface area contributed by atoms with Crippen LogP contribution >= 0.6 is 0 Å². The second-order valence-corrected chi connectivity index (χ2v) is 9.38. The molecule has 2 heterocycles. The number of H-pyrrole nitrogens is 1. The van der Waals surface area contributed by atoms with Crippen molar-refractivity contribution in [2.45, 2.75) is 25.7 Å². The van der Waals surface area contributed by atoms with Crippen LogP contribution in [-0.4, -0.2) is 41.3 Å². The summed E-state index contributed by atoms with van der Waals surface area (Å²) in [6.07, 6.45) is 3.43. The summed E-state index contributed by atoms with van der Waals surface area (Å²) < 4.78 is 0. The Morgan fingerprint density at radius 3 is 2.40 bits per heavy atom. The van der Waals surface area contributed by atoms with Crippen LogP contribution in [0.1, 0.15) is 45.8 Å². The van der Waals surface area contributed by atoms with Gasteiger partial charge in [-0.15, -0.1) is 0 Å². The van der Waals surface area contributed by atoms with Gasteiger partial charge in [-0.05, 0) is 48.6 Å². The smallest absolute Gasteiger partial charge is 0.254 e. The molecule has 2 N–H and O–H groups in total. The molecule has 1 aromatic heterocycles. The summed E-state index contributed by atoms with van der Waals surface area (Å²) in [5.74, 6) is 0.119. The highest BCUT2D eigenvalue weighted by Gasteiger charge is 2.29. The lowest BCUT2D eigenvalue weighted by molar-refractivity contribution is -0.126. The fourth-order valence-corrected chi connectivity index (χ4v) is 5.15. The maximum absolute atomic E-state index is 13.1. The molecule has 0 radical (unpaired) electrons. The Hall–Kier alpha value is -3.86. The molecule has 0 unspecified atom stereocenters. The normalized spacial score (nSPS) is 15.2. The molecule has 1 atom stereocenters. The van der Waals surface area contributed by atoms with Crippen LogP contribution < -0.4 is 5.32 Å². The third kappa shape index (κ3) is 4.85. The summed E-state index contributed by atoms with van der Waals surface area (Å²) >= 11 is 0. The highest BCUT2D eigenvalue weighted by Crippen LogP contribution is 2.31. The molecule has 5 nitrogen and oxygen atoms in total. The third-order valence-corrected chi connectivity index (χ3v) is 7.21. The molecule has 1 aliphatic rings. The molecule has 0 saturated carbocycles. The van der Waals surface area contributed by atoms with Crippen LogP contribution in [0.25, 0.3) is 10.9 Å². The lowest BCUT2D eigenvalue weighted by Crippen LogP contribution is -2.43. The minimum absolute atomic E-state index is 0.0547. The van der Waals surface area contributed by atoms with Crippen LogP contribution in [0.4, 0.5) is 0 Å². The molecular weight excluding hydrogens is 434 g/mol. The molecule has 1 aliphatic heterocycles. The average molecular weight is 466 g/mol. The summed E-state index contributed by atoms with van der Waals surface area (Å²) in [6, 6.07) is 26.3. The van der Waals surface area contributed by atoms with Gasteiger partial charge in [-0.1, -0.05) is 66.7 Å². The van der Waals surface area contributed by atoms with Gasteiger partial charge in [0.1, 0.15) is 0 Å². The van der Waals surface area contributed by atoms with Gasteiger partial charge in [0, 0.05) is 54.1 Å². The number of fused-ring (bicyclic) bond motifs is 1. The molecule has 2 amide bonds. The van der Waals surface area contributed by atoms with Gasteiger partial charge in [-0.25, -0.2) is 0 Å². The van der Waals surface area contributed by atoms with E-state index in [9.17, 15) is 9.59 Å². The fourth-order valence-electron chi connectivity index (χ4n) is 5.15. The number of nitrogens with zero attached hydrogens (tertiary/aromatic N) is 1.